The van der Waals surface area contributed by atoms with Crippen molar-refractivity contribution in [1.82, 2.24) is 9.97 Å². The lowest BCUT2D eigenvalue weighted by atomic mass is 10.3. The number of aromatic nitrogens is 2. The Morgan fingerprint density at radius 1 is 1.41 bits per heavy atom. The summed E-state index contributed by atoms with van der Waals surface area (Å²) in [5.41, 5.74) is 6.55. The Labute approximate surface area is 99.6 Å². The van der Waals surface area contributed by atoms with Crippen molar-refractivity contribution in [3.8, 4) is 5.88 Å². The van der Waals surface area contributed by atoms with E-state index in [9.17, 15) is 0 Å². The maximum Gasteiger partial charge on any atom is 0.222 e. The topological polar surface area (TPSA) is 74.2 Å². The maximum absolute atomic E-state index is 5.79. The minimum absolute atomic E-state index is 0.341. The molecule has 0 saturated carbocycles. The van der Waals surface area contributed by atoms with Gasteiger partial charge in [0.05, 0.1) is 11.8 Å². The van der Waals surface area contributed by atoms with Crippen molar-refractivity contribution in [3.63, 3.8) is 0 Å². The monoisotopic (exact) mass is 233 g/mol. The molecule has 0 aromatic carbocycles. The summed E-state index contributed by atoms with van der Waals surface area (Å²) in [7, 11) is 0. The third kappa shape index (κ3) is 2.55. The number of nitrogens with zero attached hydrogens (tertiary/aromatic N) is 2. The molecule has 5 heteroatoms. The molecule has 0 fully saturated rings. The molecular formula is C12H15N3O2. The van der Waals surface area contributed by atoms with E-state index in [0.717, 1.165) is 17.7 Å². The van der Waals surface area contributed by atoms with Crippen LogP contribution in [0.25, 0.3) is 0 Å². The van der Waals surface area contributed by atoms with Crippen LogP contribution in [0.5, 0.6) is 5.88 Å². The molecule has 0 spiro atoms. The van der Waals surface area contributed by atoms with Gasteiger partial charge in [-0.1, -0.05) is 6.92 Å². The fourth-order valence-electron chi connectivity index (χ4n) is 1.39. The summed E-state index contributed by atoms with van der Waals surface area (Å²) in [6, 6.07) is 3.66. The van der Waals surface area contributed by atoms with Crippen LogP contribution >= 0.6 is 0 Å². The van der Waals surface area contributed by atoms with E-state index in [4.69, 9.17) is 14.9 Å². The molecule has 0 aliphatic heterocycles. The van der Waals surface area contributed by atoms with E-state index in [0.29, 0.717) is 24.1 Å². The number of anilines is 1. The van der Waals surface area contributed by atoms with Crippen LogP contribution in [0, 0.1) is 6.92 Å². The molecule has 2 rings (SSSR count). The SMILES string of the molecule is CCc1nc(N)c(C)c(OCc2ccco2)n1. The van der Waals surface area contributed by atoms with Crippen LogP contribution in [0.2, 0.25) is 0 Å². The summed E-state index contributed by atoms with van der Waals surface area (Å²) >= 11 is 0. The zero-order valence-electron chi connectivity index (χ0n) is 9.93. The summed E-state index contributed by atoms with van der Waals surface area (Å²) in [6.07, 6.45) is 2.33. The molecule has 2 aromatic rings. The van der Waals surface area contributed by atoms with Gasteiger partial charge in [0.2, 0.25) is 5.88 Å². The molecule has 0 aliphatic carbocycles. The zero-order chi connectivity index (χ0) is 12.3. The highest BCUT2D eigenvalue weighted by atomic mass is 16.5. The molecule has 0 aliphatic rings. The zero-order valence-corrected chi connectivity index (χ0v) is 9.93. The van der Waals surface area contributed by atoms with Crippen molar-refractivity contribution in [3.05, 3.63) is 35.5 Å². The van der Waals surface area contributed by atoms with Crippen molar-refractivity contribution in [2.45, 2.75) is 26.9 Å². The fraction of sp³-hybridized carbons (Fsp3) is 0.333. The molecule has 0 unspecified atom stereocenters. The highest BCUT2D eigenvalue weighted by molar-refractivity contribution is 5.44. The van der Waals surface area contributed by atoms with Crippen LogP contribution in [0.1, 0.15) is 24.1 Å². The molecule has 2 N–H and O–H groups in total. The van der Waals surface area contributed by atoms with Gasteiger partial charge in [-0.05, 0) is 19.1 Å². The minimum Gasteiger partial charge on any atom is -0.469 e. The van der Waals surface area contributed by atoms with Gasteiger partial charge >= 0.3 is 0 Å². The van der Waals surface area contributed by atoms with Gasteiger partial charge < -0.3 is 14.9 Å². The van der Waals surface area contributed by atoms with E-state index >= 15 is 0 Å². The summed E-state index contributed by atoms with van der Waals surface area (Å²) in [5, 5.41) is 0. The third-order valence-electron chi connectivity index (χ3n) is 2.43. The Hall–Kier alpha value is -2.04. The van der Waals surface area contributed by atoms with E-state index < -0.39 is 0 Å². The summed E-state index contributed by atoms with van der Waals surface area (Å²) in [4.78, 5) is 8.46. The molecule has 0 amide bonds. The lowest BCUT2D eigenvalue weighted by Gasteiger charge is -2.09. The third-order valence-corrected chi connectivity index (χ3v) is 2.43. The molecule has 90 valence electrons. The standard InChI is InChI=1S/C12H15N3O2/c1-3-10-14-11(13)8(2)12(15-10)17-7-9-5-4-6-16-9/h4-6H,3,7H2,1-2H3,(H2,13,14,15). The van der Waals surface area contributed by atoms with Crippen molar-refractivity contribution in [2.24, 2.45) is 0 Å². The van der Waals surface area contributed by atoms with Crippen molar-refractivity contribution < 1.29 is 9.15 Å². The molecule has 0 radical (unpaired) electrons. The van der Waals surface area contributed by atoms with Crippen molar-refractivity contribution >= 4 is 5.82 Å². The van der Waals surface area contributed by atoms with Crippen LogP contribution in [0.3, 0.4) is 0 Å². The Bertz CT molecular complexity index is 495. The fourth-order valence-corrected chi connectivity index (χ4v) is 1.39. The second-order valence-electron chi connectivity index (χ2n) is 3.68. The molecule has 17 heavy (non-hydrogen) atoms. The Morgan fingerprint density at radius 3 is 2.88 bits per heavy atom. The predicted octanol–water partition coefficient (Wildman–Crippen LogP) is 2.10. The summed E-state index contributed by atoms with van der Waals surface area (Å²) in [5.74, 6) is 2.42. The quantitative estimate of drug-likeness (QED) is 0.875. The van der Waals surface area contributed by atoms with Crippen LogP contribution in [-0.2, 0) is 13.0 Å². The van der Waals surface area contributed by atoms with Gasteiger partial charge in [0, 0.05) is 6.42 Å². The highest BCUT2D eigenvalue weighted by Crippen LogP contribution is 2.20. The average molecular weight is 233 g/mol. The number of rotatable bonds is 4. The number of aryl methyl sites for hydroxylation is 1. The van der Waals surface area contributed by atoms with Gasteiger partial charge in [-0.2, -0.15) is 4.98 Å². The van der Waals surface area contributed by atoms with Gasteiger partial charge in [-0.3, -0.25) is 0 Å². The number of furan rings is 1. The second-order valence-corrected chi connectivity index (χ2v) is 3.68. The summed E-state index contributed by atoms with van der Waals surface area (Å²) < 4.78 is 10.8. The minimum atomic E-state index is 0.341. The summed E-state index contributed by atoms with van der Waals surface area (Å²) in [6.45, 7) is 4.15. The first-order valence-electron chi connectivity index (χ1n) is 5.49. The second kappa shape index (κ2) is 4.86. The van der Waals surface area contributed by atoms with Gasteiger partial charge in [-0.25, -0.2) is 4.98 Å². The molecular weight excluding hydrogens is 218 g/mol. The van der Waals surface area contributed by atoms with E-state index in [1.807, 2.05) is 26.0 Å². The molecule has 0 bridgehead atoms. The number of ether oxygens (including phenoxy) is 1. The van der Waals surface area contributed by atoms with Crippen LogP contribution in [0.15, 0.2) is 22.8 Å². The number of hydrogen-bond acceptors (Lipinski definition) is 5. The van der Waals surface area contributed by atoms with Crippen LogP contribution in [0.4, 0.5) is 5.82 Å². The molecule has 2 heterocycles. The number of hydrogen-bond donors (Lipinski definition) is 1. The smallest absolute Gasteiger partial charge is 0.222 e. The first-order valence-corrected chi connectivity index (χ1v) is 5.49. The Morgan fingerprint density at radius 2 is 2.24 bits per heavy atom. The average Bonchev–Trinajstić information content (AvgIpc) is 2.84. The Balaban J connectivity index is 2.17. The first kappa shape index (κ1) is 11.4. The molecule has 5 nitrogen and oxygen atoms in total. The predicted molar refractivity (Wildman–Crippen MR) is 63.6 cm³/mol. The van der Waals surface area contributed by atoms with Gasteiger partial charge in [0.1, 0.15) is 24.0 Å². The van der Waals surface area contributed by atoms with Crippen LogP contribution < -0.4 is 10.5 Å². The van der Waals surface area contributed by atoms with Gasteiger partial charge in [0.15, 0.2) is 0 Å². The molecule has 0 atom stereocenters. The van der Waals surface area contributed by atoms with Gasteiger partial charge in [-0.15, -0.1) is 0 Å². The van der Waals surface area contributed by atoms with E-state index in [1.54, 1.807) is 6.26 Å². The van der Waals surface area contributed by atoms with E-state index in [2.05, 4.69) is 9.97 Å². The first-order chi connectivity index (χ1) is 8.20. The molecule has 0 saturated heterocycles. The van der Waals surface area contributed by atoms with Gasteiger partial charge in [0.25, 0.3) is 0 Å². The number of nitrogen functional groups attached to an aromatic ring is 1. The maximum atomic E-state index is 5.79. The van der Waals surface area contributed by atoms with Crippen molar-refractivity contribution in [2.75, 3.05) is 5.73 Å². The van der Waals surface area contributed by atoms with Crippen molar-refractivity contribution in [1.29, 1.82) is 0 Å². The molecule has 2 aromatic heterocycles. The van der Waals surface area contributed by atoms with E-state index in [-0.39, 0.29) is 0 Å². The lowest BCUT2D eigenvalue weighted by Crippen LogP contribution is -2.06. The number of nitrogens with two attached hydrogens (primary N) is 1. The highest BCUT2D eigenvalue weighted by Gasteiger charge is 2.09. The Kier molecular flexibility index (Phi) is 3.27. The normalized spacial score (nSPS) is 10.5. The van der Waals surface area contributed by atoms with Crippen LogP contribution in [-0.4, -0.2) is 9.97 Å². The largest absolute Gasteiger partial charge is 0.469 e. The van der Waals surface area contributed by atoms with E-state index in [1.165, 1.54) is 0 Å². The lowest BCUT2D eigenvalue weighted by molar-refractivity contribution is 0.258.